The van der Waals surface area contributed by atoms with E-state index in [9.17, 15) is 8.42 Å². The Bertz CT molecular complexity index is 896. The van der Waals surface area contributed by atoms with E-state index in [4.69, 9.17) is 11.6 Å². The van der Waals surface area contributed by atoms with Gasteiger partial charge in [0.1, 0.15) is 11.6 Å². The van der Waals surface area contributed by atoms with Crippen molar-refractivity contribution in [1.82, 2.24) is 14.7 Å². The second-order valence-corrected chi connectivity index (χ2v) is 8.74. The molecule has 2 heterocycles. The van der Waals surface area contributed by atoms with Gasteiger partial charge in [-0.05, 0) is 50.8 Å². The third kappa shape index (κ3) is 4.52. The fourth-order valence-electron chi connectivity index (χ4n) is 3.08. The number of halogens is 1. The zero-order valence-corrected chi connectivity index (χ0v) is 16.6. The SMILES string of the molecule is Cc1cc(N2CCCCC2)nc(CNS(=O)(=O)c2cc(Cl)ccc2C)n1. The molecular weight excluding hydrogens is 372 g/mol. The van der Waals surface area contributed by atoms with E-state index >= 15 is 0 Å². The highest BCUT2D eigenvalue weighted by molar-refractivity contribution is 7.89. The molecule has 3 rings (SSSR count). The van der Waals surface area contributed by atoms with Crippen LogP contribution in [0.1, 0.15) is 36.3 Å². The molecule has 1 aliphatic heterocycles. The summed E-state index contributed by atoms with van der Waals surface area (Å²) >= 11 is 5.95. The lowest BCUT2D eigenvalue weighted by molar-refractivity contribution is 0.569. The largest absolute Gasteiger partial charge is 0.357 e. The number of aromatic nitrogens is 2. The number of piperidine rings is 1. The molecule has 1 aromatic carbocycles. The maximum absolute atomic E-state index is 12.6. The van der Waals surface area contributed by atoms with Gasteiger partial charge in [-0.3, -0.25) is 0 Å². The summed E-state index contributed by atoms with van der Waals surface area (Å²) in [5.74, 6) is 1.33. The van der Waals surface area contributed by atoms with E-state index in [-0.39, 0.29) is 11.4 Å². The maximum Gasteiger partial charge on any atom is 0.241 e. The lowest BCUT2D eigenvalue weighted by Gasteiger charge is -2.28. The molecule has 0 radical (unpaired) electrons. The van der Waals surface area contributed by atoms with E-state index in [1.54, 1.807) is 19.1 Å². The van der Waals surface area contributed by atoms with E-state index in [0.717, 1.165) is 37.4 Å². The smallest absolute Gasteiger partial charge is 0.241 e. The van der Waals surface area contributed by atoms with Crippen LogP contribution in [0.4, 0.5) is 5.82 Å². The molecule has 0 spiro atoms. The summed E-state index contributed by atoms with van der Waals surface area (Å²) in [5.41, 5.74) is 1.47. The van der Waals surface area contributed by atoms with Crippen molar-refractivity contribution in [2.24, 2.45) is 0 Å². The topological polar surface area (TPSA) is 75.2 Å². The summed E-state index contributed by atoms with van der Waals surface area (Å²) < 4.78 is 27.8. The fourth-order valence-corrected chi connectivity index (χ4v) is 4.56. The molecule has 26 heavy (non-hydrogen) atoms. The highest BCUT2D eigenvalue weighted by Crippen LogP contribution is 2.21. The normalized spacial score (nSPS) is 15.3. The predicted octanol–water partition coefficient (Wildman–Crippen LogP) is 3.22. The van der Waals surface area contributed by atoms with Crippen molar-refractivity contribution in [3.05, 3.63) is 46.4 Å². The third-order valence-electron chi connectivity index (χ3n) is 4.43. The lowest BCUT2D eigenvalue weighted by Crippen LogP contribution is -2.31. The van der Waals surface area contributed by atoms with Crippen LogP contribution in [0.15, 0.2) is 29.2 Å². The second-order valence-electron chi connectivity index (χ2n) is 6.57. The molecule has 1 fully saturated rings. The van der Waals surface area contributed by atoms with Crippen molar-refractivity contribution in [2.75, 3.05) is 18.0 Å². The fraction of sp³-hybridized carbons (Fsp3) is 0.444. The van der Waals surface area contributed by atoms with Crippen LogP contribution in [-0.2, 0) is 16.6 Å². The van der Waals surface area contributed by atoms with E-state index in [0.29, 0.717) is 16.4 Å². The van der Waals surface area contributed by atoms with E-state index in [1.807, 2.05) is 13.0 Å². The molecule has 1 N–H and O–H groups in total. The second kappa shape index (κ2) is 7.90. The monoisotopic (exact) mass is 394 g/mol. The van der Waals surface area contributed by atoms with Gasteiger partial charge in [0.05, 0.1) is 11.4 Å². The van der Waals surface area contributed by atoms with E-state index < -0.39 is 10.0 Å². The molecule has 6 nitrogen and oxygen atoms in total. The first-order valence-corrected chi connectivity index (χ1v) is 10.6. The van der Waals surface area contributed by atoms with Gasteiger partial charge in [-0.15, -0.1) is 0 Å². The predicted molar refractivity (Wildman–Crippen MR) is 103 cm³/mol. The zero-order valence-electron chi connectivity index (χ0n) is 15.0. The molecule has 2 aromatic rings. The van der Waals surface area contributed by atoms with Gasteiger partial charge < -0.3 is 4.90 Å². The summed E-state index contributed by atoms with van der Waals surface area (Å²) in [6.45, 7) is 5.63. The number of aryl methyl sites for hydroxylation is 2. The van der Waals surface area contributed by atoms with E-state index in [1.165, 1.54) is 12.5 Å². The van der Waals surface area contributed by atoms with Crippen molar-refractivity contribution in [2.45, 2.75) is 44.6 Å². The molecule has 0 unspecified atom stereocenters. The average Bonchev–Trinajstić information content (AvgIpc) is 2.62. The van der Waals surface area contributed by atoms with E-state index in [2.05, 4.69) is 19.6 Å². The summed E-state index contributed by atoms with van der Waals surface area (Å²) in [6.07, 6.45) is 3.55. The van der Waals surface area contributed by atoms with Gasteiger partial charge in [-0.25, -0.2) is 23.1 Å². The Balaban J connectivity index is 1.78. The Labute approximate surface area is 159 Å². The van der Waals surface area contributed by atoms with Crippen molar-refractivity contribution in [3.8, 4) is 0 Å². The Morgan fingerprint density at radius 1 is 1.12 bits per heavy atom. The standard InChI is InChI=1S/C18H23ClN4O2S/c1-13-6-7-15(19)11-16(13)26(24,25)20-12-17-21-14(2)10-18(22-17)23-8-4-3-5-9-23/h6-7,10-11,20H,3-5,8-9,12H2,1-2H3. The molecule has 1 aromatic heterocycles. The van der Waals surface area contributed by atoms with Crippen LogP contribution in [0.5, 0.6) is 0 Å². The highest BCUT2D eigenvalue weighted by Gasteiger charge is 2.19. The van der Waals surface area contributed by atoms with Crippen molar-refractivity contribution >= 4 is 27.4 Å². The van der Waals surface area contributed by atoms with Crippen molar-refractivity contribution in [3.63, 3.8) is 0 Å². The average molecular weight is 395 g/mol. The highest BCUT2D eigenvalue weighted by atomic mass is 35.5. The number of nitrogens with one attached hydrogen (secondary N) is 1. The van der Waals surface area contributed by atoms with Crippen LogP contribution >= 0.6 is 11.6 Å². The molecule has 0 bridgehead atoms. The summed E-state index contributed by atoms with van der Waals surface area (Å²) in [7, 11) is -3.69. The van der Waals surface area contributed by atoms with Crippen molar-refractivity contribution in [1.29, 1.82) is 0 Å². The van der Waals surface area contributed by atoms with Gasteiger partial charge in [0, 0.05) is 29.9 Å². The third-order valence-corrected chi connectivity index (χ3v) is 6.21. The number of anilines is 1. The van der Waals surface area contributed by atoms with Crippen LogP contribution in [-0.4, -0.2) is 31.5 Å². The first-order chi connectivity index (χ1) is 12.3. The molecule has 0 saturated carbocycles. The molecule has 0 amide bonds. The lowest BCUT2D eigenvalue weighted by atomic mass is 10.1. The molecule has 0 aliphatic carbocycles. The Hall–Kier alpha value is -1.70. The minimum atomic E-state index is -3.69. The Morgan fingerprint density at radius 3 is 2.58 bits per heavy atom. The molecular formula is C18H23ClN4O2S. The number of rotatable bonds is 5. The van der Waals surface area contributed by atoms with Gasteiger partial charge in [0.15, 0.2) is 0 Å². The van der Waals surface area contributed by atoms with Gasteiger partial charge in [0.25, 0.3) is 0 Å². The Morgan fingerprint density at radius 2 is 1.85 bits per heavy atom. The number of sulfonamides is 1. The molecule has 0 atom stereocenters. The number of hydrogen-bond acceptors (Lipinski definition) is 5. The van der Waals surface area contributed by atoms with Crippen molar-refractivity contribution < 1.29 is 8.42 Å². The molecule has 8 heteroatoms. The van der Waals surface area contributed by atoms with Crippen LogP contribution in [0.25, 0.3) is 0 Å². The Kier molecular flexibility index (Phi) is 5.79. The number of hydrogen-bond donors (Lipinski definition) is 1. The minimum absolute atomic E-state index is 0.0385. The molecule has 1 saturated heterocycles. The quantitative estimate of drug-likeness (QED) is 0.842. The van der Waals surface area contributed by atoms with Gasteiger partial charge in [-0.2, -0.15) is 0 Å². The zero-order chi connectivity index (χ0) is 18.7. The van der Waals surface area contributed by atoms with Crippen LogP contribution in [0, 0.1) is 13.8 Å². The van der Waals surface area contributed by atoms with Gasteiger partial charge >= 0.3 is 0 Å². The van der Waals surface area contributed by atoms with Crippen LogP contribution in [0.3, 0.4) is 0 Å². The maximum atomic E-state index is 12.6. The summed E-state index contributed by atoms with van der Waals surface area (Å²) in [4.78, 5) is 11.3. The summed E-state index contributed by atoms with van der Waals surface area (Å²) in [5, 5.41) is 0.384. The summed E-state index contributed by atoms with van der Waals surface area (Å²) in [6, 6.07) is 6.76. The number of nitrogens with zero attached hydrogens (tertiary/aromatic N) is 3. The van der Waals surface area contributed by atoms with Gasteiger partial charge in [-0.1, -0.05) is 17.7 Å². The molecule has 140 valence electrons. The van der Waals surface area contributed by atoms with Gasteiger partial charge in [0.2, 0.25) is 10.0 Å². The first-order valence-electron chi connectivity index (χ1n) is 8.70. The number of benzene rings is 1. The van der Waals surface area contributed by atoms with Crippen LogP contribution in [0.2, 0.25) is 5.02 Å². The first kappa shape index (κ1) is 19.1. The molecule has 1 aliphatic rings. The minimum Gasteiger partial charge on any atom is -0.357 e. The van der Waals surface area contributed by atoms with Crippen LogP contribution < -0.4 is 9.62 Å².